The van der Waals surface area contributed by atoms with E-state index in [1.54, 1.807) is 0 Å². The van der Waals surface area contributed by atoms with Crippen LogP contribution in [-0.4, -0.2) is 0 Å². The summed E-state index contributed by atoms with van der Waals surface area (Å²) >= 11 is 0. The Kier molecular flexibility index (Phi) is 9.99. The van der Waals surface area contributed by atoms with Crippen molar-refractivity contribution in [2.45, 2.75) is 75.2 Å². The third-order valence-corrected chi connectivity index (χ3v) is 3.16. The quantitative estimate of drug-likeness (QED) is 0.476. The molecule has 0 rings (SSSR count). The molecule has 0 bridgehead atoms. The maximum Gasteiger partial charge on any atom is -0.0164 e. The first-order valence-electron chi connectivity index (χ1n) is 6.69. The van der Waals surface area contributed by atoms with E-state index in [4.69, 9.17) is 0 Å². The van der Waals surface area contributed by atoms with E-state index in [1.165, 1.54) is 29.6 Å². The van der Waals surface area contributed by atoms with E-state index >= 15 is 0 Å². The molecule has 0 heterocycles. The molecule has 0 aromatic carbocycles. The Hall–Kier alpha value is -0.780. The monoisotopic (exact) mass is 250 g/mol. The first kappa shape index (κ1) is 19.6. The van der Waals surface area contributed by atoms with Crippen molar-refractivity contribution in [1.29, 1.82) is 0 Å². The van der Waals surface area contributed by atoms with Gasteiger partial charge in [0.15, 0.2) is 0 Å². The molecule has 0 aliphatic carbocycles. The predicted molar refractivity (Wildman–Crippen MR) is 87.0 cm³/mol. The SMILES string of the molecule is C.CC(C)=CCC/C(C)=C/C/C=C(\C)C(C)(C)C. The smallest absolute Gasteiger partial charge is 0.0164 e. The van der Waals surface area contributed by atoms with Gasteiger partial charge in [0, 0.05) is 0 Å². The van der Waals surface area contributed by atoms with E-state index in [-0.39, 0.29) is 7.43 Å². The van der Waals surface area contributed by atoms with Gasteiger partial charge in [-0.1, -0.05) is 63.1 Å². The average Bonchev–Trinajstić information content (AvgIpc) is 2.15. The molecule has 0 N–H and O–H groups in total. The molecule has 0 aliphatic rings. The first-order valence-corrected chi connectivity index (χ1v) is 6.69. The fourth-order valence-corrected chi connectivity index (χ4v) is 1.43. The summed E-state index contributed by atoms with van der Waals surface area (Å²) in [4.78, 5) is 0. The average molecular weight is 250 g/mol. The normalized spacial score (nSPS) is 13.1. The van der Waals surface area contributed by atoms with Gasteiger partial charge in [0.05, 0.1) is 0 Å². The molecule has 0 fully saturated rings. The summed E-state index contributed by atoms with van der Waals surface area (Å²) < 4.78 is 0. The number of hydrogen-bond donors (Lipinski definition) is 0. The first-order chi connectivity index (χ1) is 7.73. The van der Waals surface area contributed by atoms with Crippen LogP contribution in [0, 0.1) is 5.41 Å². The van der Waals surface area contributed by atoms with Crippen molar-refractivity contribution in [3.8, 4) is 0 Å². The van der Waals surface area contributed by atoms with Crippen molar-refractivity contribution in [2.75, 3.05) is 0 Å². The summed E-state index contributed by atoms with van der Waals surface area (Å²) in [5, 5.41) is 0. The molecule has 0 radical (unpaired) electrons. The fourth-order valence-electron chi connectivity index (χ4n) is 1.43. The highest BCUT2D eigenvalue weighted by Gasteiger charge is 2.10. The van der Waals surface area contributed by atoms with Crippen LogP contribution in [0.5, 0.6) is 0 Å². The third kappa shape index (κ3) is 10.4. The molecule has 0 unspecified atom stereocenters. The molecule has 0 spiro atoms. The molecular weight excluding hydrogens is 216 g/mol. The van der Waals surface area contributed by atoms with Crippen molar-refractivity contribution in [3.05, 3.63) is 34.9 Å². The lowest BCUT2D eigenvalue weighted by Gasteiger charge is -2.19. The summed E-state index contributed by atoms with van der Waals surface area (Å²) in [7, 11) is 0. The molecule has 0 atom stereocenters. The summed E-state index contributed by atoms with van der Waals surface area (Å²) in [5.74, 6) is 0. The van der Waals surface area contributed by atoms with Crippen LogP contribution < -0.4 is 0 Å². The third-order valence-electron chi connectivity index (χ3n) is 3.16. The lowest BCUT2D eigenvalue weighted by molar-refractivity contribution is 0.502. The number of allylic oxidation sites excluding steroid dienone is 6. The van der Waals surface area contributed by atoms with E-state index < -0.39 is 0 Å². The molecular formula is C18H34. The summed E-state index contributed by atoms with van der Waals surface area (Å²) in [6.07, 6.45) is 10.5. The Balaban J connectivity index is 0. The van der Waals surface area contributed by atoms with E-state index in [0.717, 1.165) is 6.42 Å². The zero-order valence-electron chi connectivity index (χ0n) is 12.9. The highest BCUT2D eigenvalue weighted by molar-refractivity contribution is 5.11. The Morgan fingerprint density at radius 1 is 0.889 bits per heavy atom. The van der Waals surface area contributed by atoms with Crippen molar-refractivity contribution in [3.63, 3.8) is 0 Å². The molecule has 0 heteroatoms. The van der Waals surface area contributed by atoms with Crippen molar-refractivity contribution >= 4 is 0 Å². The zero-order chi connectivity index (χ0) is 13.5. The van der Waals surface area contributed by atoms with Crippen molar-refractivity contribution in [1.82, 2.24) is 0 Å². The molecule has 106 valence electrons. The summed E-state index contributed by atoms with van der Waals surface area (Å²) in [6.45, 7) is 15.6. The minimum absolute atomic E-state index is 0. The molecule has 18 heavy (non-hydrogen) atoms. The van der Waals surface area contributed by atoms with E-state index in [9.17, 15) is 0 Å². The Labute approximate surface area is 116 Å². The molecule has 0 aliphatic heterocycles. The van der Waals surface area contributed by atoms with Crippen molar-refractivity contribution in [2.24, 2.45) is 5.41 Å². The molecule has 0 nitrogen and oxygen atoms in total. The topological polar surface area (TPSA) is 0 Å². The van der Waals surface area contributed by atoms with Gasteiger partial charge < -0.3 is 0 Å². The van der Waals surface area contributed by atoms with Crippen LogP contribution in [0.1, 0.15) is 75.2 Å². The molecule has 0 saturated carbocycles. The van der Waals surface area contributed by atoms with Crippen LogP contribution in [-0.2, 0) is 0 Å². The van der Waals surface area contributed by atoms with Crippen LogP contribution in [0.4, 0.5) is 0 Å². The van der Waals surface area contributed by atoms with Crippen LogP contribution in [0.2, 0.25) is 0 Å². The maximum absolute atomic E-state index is 2.36. The maximum atomic E-state index is 2.36. The van der Waals surface area contributed by atoms with Crippen molar-refractivity contribution < 1.29 is 0 Å². The molecule has 0 amide bonds. The number of hydrogen-bond acceptors (Lipinski definition) is 0. The highest BCUT2D eigenvalue weighted by Crippen LogP contribution is 2.24. The van der Waals surface area contributed by atoms with Gasteiger partial charge in [-0.25, -0.2) is 0 Å². The van der Waals surface area contributed by atoms with E-state index in [1.807, 2.05) is 0 Å². The molecule has 0 aromatic rings. The highest BCUT2D eigenvalue weighted by atomic mass is 14.2. The van der Waals surface area contributed by atoms with Crippen LogP contribution >= 0.6 is 0 Å². The van der Waals surface area contributed by atoms with Gasteiger partial charge in [-0.3, -0.25) is 0 Å². The van der Waals surface area contributed by atoms with Gasteiger partial charge in [-0.2, -0.15) is 0 Å². The van der Waals surface area contributed by atoms with Gasteiger partial charge >= 0.3 is 0 Å². The van der Waals surface area contributed by atoms with Gasteiger partial charge in [0.1, 0.15) is 0 Å². The largest absolute Gasteiger partial charge is 0.0856 e. The van der Waals surface area contributed by atoms with Gasteiger partial charge in [-0.05, 0) is 52.4 Å². The molecule has 0 saturated heterocycles. The van der Waals surface area contributed by atoms with E-state index in [2.05, 4.69) is 66.7 Å². The van der Waals surface area contributed by atoms with Crippen LogP contribution in [0.15, 0.2) is 34.9 Å². The summed E-state index contributed by atoms with van der Waals surface area (Å²) in [6, 6.07) is 0. The van der Waals surface area contributed by atoms with Crippen LogP contribution in [0.25, 0.3) is 0 Å². The van der Waals surface area contributed by atoms with Gasteiger partial charge in [0.25, 0.3) is 0 Å². The zero-order valence-corrected chi connectivity index (χ0v) is 12.9. The second kappa shape index (κ2) is 9.19. The lowest BCUT2D eigenvalue weighted by Crippen LogP contribution is -2.05. The summed E-state index contributed by atoms with van der Waals surface area (Å²) in [5.41, 5.74) is 4.71. The second-order valence-corrected chi connectivity index (χ2v) is 6.24. The van der Waals surface area contributed by atoms with Gasteiger partial charge in [-0.15, -0.1) is 0 Å². The standard InChI is InChI=1S/C17H30.CH4/c1-14(2)10-8-11-15(3)12-9-13-16(4)17(5,6)7;/h10,12-13H,8-9,11H2,1-7H3;1H4/b15-12+,16-13+;. The Bertz CT molecular complexity index is 301. The Morgan fingerprint density at radius 3 is 1.89 bits per heavy atom. The second-order valence-electron chi connectivity index (χ2n) is 6.24. The van der Waals surface area contributed by atoms with E-state index in [0.29, 0.717) is 5.41 Å². The fraction of sp³-hybridized carbons (Fsp3) is 0.667. The van der Waals surface area contributed by atoms with Crippen LogP contribution in [0.3, 0.4) is 0 Å². The minimum atomic E-state index is 0. The number of rotatable bonds is 5. The lowest BCUT2D eigenvalue weighted by atomic mass is 9.87. The minimum Gasteiger partial charge on any atom is -0.0856 e. The van der Waals surface area contributed by atoms with Gasteiger partial charge in [0.2, 0.25) is 0 Å². The molecule has 0 aromatic heterocycles. The Morgan fingerprint density at radius 2 is 1.44 bits per heavy atom. The predicted octanol–water partition coefficient (Wildman–Crippen LogP) is 6.70.